The van der Waals surface area contributed by atoms with Crippen molar-refractivity contribution in [2.45, 2.75) is 32.2 Å². The summed E-state index contributed by atoms with van der Waals surface area (Å²) in [4.78, 5) is 41.1. The van der Waals surface area contributed by atoms with Crippen molar-refractivity contribution in [1.29, 1.82) is 0 Å². The van der Waals surface area contributed by atoms with Gasteiger partial charge in [-0.2, -0.15) is 0 Å². The van der Waals surface area contributed by atoms with Crippen LogP contribution in [0, 0.1) is 11.3 Å². The van der Waals surface area contributed by atoms with E-state index in [4.69, 9.17) is 14.6 Å². The van der Waals surface area contributed by atoms with E-state index >= 15 is 0 Å². The number of amides is 2. The van der Waals surface area contributed by atoms with Gasteiger partial charge in [-0.25, -0.2) is 9.78 Å². The molecule has 1 aliphatic heterocycles. The summed E-state index contributed by atoms with van der Waals surface area (Å²) in [7, 11) is 1.51. The predicted molar refractivity (Wildman–Crippen MR) is 97.7 cm³/mol. The average molecular weight is 391 g/mol. The Morgan fingerprint density at radius 3 is 2.61 bits per heavy atom. The number of nitrogens with one attached hydrogen (secondary N) is 1. The molecule has 1 aliphatic carbocycles. The Bertz CT molecular complexity index is 737. The number of nitrogens with zero attached hydrogens (tertiary/aromatic N) is 2. The summed E-state index contributed by atoms with van der Waals surface area (Å²) in [6.07, 6.45) is 1.99. The number of rotatable bonds is 7. The molecule has 2 fully saturated rings. The van der Waals surface area contributed by atoms with Crippen molar-refractivity contribution in [2.75, 3.05) is 26.8 Å². The third kappa shape index (κ3) is 4.18. The lowest BCUT2D eigenvalue weighted by Gasteiger charge is -2.57. The number of carbonyl (C=O) groups excluding carboxylic acids is 2. The average Bonchev–Trinajstić information content (AvgIpc) is 2.59. The molecule has 2 N–H and O–H groups in total. The molecule has 2 heterocycles. The van der Waals surface area contributed by atoms with Crippen LogP contribution in [0.2, 0.25) is 0 Å². The largest absolute Gasteiger partial charge is 0.481 e. The number of esters is 1. The number of pyridine rings is 1. The normalized spacial score (nSPS) is 18.6. The van der Waals surface area contributed by atoms with E-state index in [1.54, 1.807) is 25.3 Å². The topological polar surface area (TPSA) is 118 Å². The van der Waals surface area contributed by atoms with Crippen LogP contribution in [0.3, 0.4) is 0 Å². The quantitative estimate of drug-likeness (QED) is 0.678. The number of aromatic nitrogens is 1. The Morgan fingerprint density at radius 1 is 1.36 bits per heavy atom. The zero-order valence-electron chi connectivity index (χ0n) is 16.0. The van der Waals surface area contributed by atoms with E-state index < -0.39 is 18.1 Å². The molecule has 3 rings (SSSR count). The molecule has 2 aliphatic rings. The molecule has 1 aromatic rings. The van der Waals surface area contributed by atoms with Gasteiger partial charge in [0.25, 0.3) is 0 Å². The van der Waals surface area contributed by atoms with Crippen molar-refractivity contribution < 1.29 is 29.0 Å². The van der Waals surface area contributed by atoms with Crippen LogP contribution < -0.4 is 10.1 Å². The van der Waals surface area contributed by atoms with Gasteiger partial charge in [0.15, 0.2) is 0 Å². The van der Waals surface area contributed by atoms with Gasteiger partial charge >= 0.3 is 12.1 Å². The van der Waals surface area contributed by atoms with Crippen LogP contribution in [0.5, 0.6) is 5.88 Å². The maximum absolute atomic E-state index is 12.7. The fraction of sp³-hybridized carbons (Fsp3) is 0.579. The van der Waals surface area contributed by atoms with Crippen LogP contribution in [0.4, 0.5) is 4.79 Å². The highest BCUT2D eigenvalue weighted by molar-refractivity contribution is 5.81. The van der Waals surface area contributed by atoms with E-state index in [0.717, 1.165) is 0 Å². The van der Waals surface area contributed by atoms with E-state index in [9.17, 15) is 14.4 Å². The summed E-state index contributed by atoms with van der Waals surface area (Å²) in [5, 5.41) is 11.9. The zero-order chi connectivity index (χ0) is 20.3. The Hall–Kier alpha value is -2.84. The Balaban J connectivity index is 1.60. The zero-order valence-corrected chi connectivity index (χ0v) is 16.0. The van der Waals surface area contributed by atoms with Gasteiger partial charge < -0.3 is 24.8 Å². The Morgan fingerprint density at radius 2 is 2.07 bits per heavy atom. The molecule has 1 saturated carbocycles. The fourth-order valence-corrected chi connectivity index (χ4v) is 3.97. The number of carbonyl (C=O) groups is 3. The van der Waals surface area contributed by atoms with Crippen molar-refractivity contribution in [1.82, 2.24) is 15.2 Å². The van der Waals surface area contributed by atoms with Gasteiger partial charge in [-0.15, -0.1) is 0 Å². The van der Waals surface area contributed by atoms with Crippen molar-refractivity contribution in [2.24, 2.45) is 11.3 Å². The van der Waals surface area contributed by atoms with Crippen molar-refractivity contribution >= 4 is 18.0 Å². The van der Waals surface area contributed by atoms with Gasteiger partial charge in [0.1, 0.15) is 0 Å². The molecule has 1 unspecified atom stereocenters. The van der Waals surface area contributed by atoms with Crippen LogP contribution in [-0.4, -0.2) is 59.8 Å². The highest BCUT2D eigenvalue weighted by Crippen LogP contribution is 2.52. The first-order valence-corrected chi connectivity index (χ1v) is 9.29. The first-order valence-electron chi connectivity index (χ1n) is 9.29. The SMILES string of the molecule is CCOC(=O)CC(NC(=O)C1CC2(C1)CN(C(=O)O)C2)c1ccc(OC)nc1. The minimum Gasteiger partial charge on any atom is -0.481 e. The van der Waals surface area contributed by atoms with Gasteiger partial charge in [0.05, 0.1) is 26.2 Å². The van der Waals surface area contributed by atoms with Crippen molar-refractivity contribution in [3.63, 3.8) is 0 Å². The van der Waals surface area contributed by atoms with E-state index in [2.05, 4.69) is 10.3 Å². The molecule has 28 heavy (non-hydrogen) atoms. The Kier molecular flexibility index (Phi) is 5.71. The second-order valence-corrected chi connectivity index (χ2v) is 7.45. The molecule has 9 heteroatoms. The third-order valence-corrected chi connectivity index (χ3v) is 5.42. The number of hydrogen-bond donors (Lipinski definition) is 2. The minimum absolute atomic E-state index is 0.0121. The number of hydrogen-bond acceptors (Lipinski definition) is 6. The lowest BCUT2D eigenvalue weighted by atomic mass is 9.57. The van der Waals surface area contributed by atoms with E-state index in [1.807, 2.05) is 0 Å². The maximum Gasteiger partial charge on any atom is 0.407 e. The van der Waals surface area contributed by atoms with Gasteiger partial charge in [0, 0.05) is 36.7 Å². The van der Waals surface area contributed by atoms with Crippen molar-refractivity contribution in [3.05, 3.63) is 23.9 Å². The standard InChI is InChI=1S/C19H25N3O6/c1-3-28-16(23)6-14(12-4-5-15(27-2)20-9-12)21-17(24)13-7-19(8-13)10-22(11-19)18(25)26/h4-5,9,13-14H,3,6-8,10-11H2,1-2H3,(H,21,24)(H,25,26). The molecule has 0 radical (unpaired) electrons. The van der Waals surface area contributed by atoms with Gasteiger partial charge in [-0.05, 0) is 25.3 Å². The van der Waals surface area contributed by atoms with E-state index in [1.165, 1.54) is 12.0 Å². The van der Waals surface area contributed by atoms with Gasteiger partial charge in [-0.3, -0.25) is 9.59 Å². The van der Waals surface area contributed by atoms with Crippen LogP contribution >= 0.6 is 0 Å². The Labute approximate surface area is 163 Å². The molecule has 0 aromatic carbocycles. The highest BCUT2D eigenvalue weighted by Gasteiger charge is 2.55. The van der Waals surface area contributed by atoms with Gasteiger partial charge in [-0.1, -0.05) is 6.07 Å². The van der Waals surface area contributed by atoms with Crippen LogP contribution in [0.1, 0.15) is 37.8 Å². The van der Waals surface area contributed by atoms with Crippen LogP contribution in [0.25, 0.3) is 0 Å². The molecule has 1 spiro atoms. The highest BCUT2D eigenvalue weighted by atomic mass is 16.5. The molecular formula is C19H25N3O6. The van der Waals surface area contributed by atoms with Crippen LogP contribution in [0.15, 0.2) is 18.3 Å². The second kappa shape index (κ2) is 8.04. The smallest absolute Gasteiger partial charge is 0.407 e. The molecule has 0 bridgehead atoms. The minimum atomic E-state index is -0.917. The molecule has 1 saturated heterocycles. The molecule has 1 aromatic heterocycles. The van der Waals surface area contributed by atoms with E-state index in [-0.39, 0.29) is 30.3 Å². The predicted octanol–water partition coefficient (Wildman–Crippen LogP) is 1.59. The lowest BCUT2D eigenvalue weighted by molar-refractivity contribution is -0.145. The summed E-state index contributed by atoms with van der Waals surface area (Å²) >= 11 is 0. The maximum atomic E-state index is 12.7. The number of carboxylic acid groups (broad SMARTS) is 1. The third-order valence-electron chi connectivity index (χ3n) is 5.42. The summed E-state index contributed by atoms with van der Waals surface area (Å²) in [6.45, 7) is 2.97. The van der Waals surface area contributed by atoms with Gasteiger partial charge in [0.2, 0.25) is 11.8 Å². The molecule has 1 atom stereocenters. The fourth-order valence-electron chi connectivity index (χ4n) is 3.97. The molecule has 9 nitrogen and oxygen atoms in total. The monoisotopic (exact) mass is 391 g/mol. The number of methoxy groups -OCH3 is 1. The first kappa shape index (κ1) is 19.9. The first-order chi connectivity index (χ1) is 13.4. The van der Waals surface area contributed by atoms with E-state index in [0.29, 0.717) is 37.4 Å². The number of ether oxygens (including phenoxy) is 2. The summed E-state index contributed by atoms with van der Waals surface area (Å²) in [6, 6.07) is 2.89. The lowest BCUT2D eigenvalue weighted by Crippen LogP contribution is -2.65. The second-order valence-electron chi connectivity index (χ2n) is 7.45. The summed E-state index contributed by atoms with van der Waals surface area (Å²) in [5.74, 6) is -0.264. The summed E-state index contributed by atoms with van der Waals surface area (Å²) < 4.78 is 10.1. The van der Waals surface area contributed by atoms with Crippen LogP contribution in [-0.2, 0) is 14.3 Å². The summed E-state index contributed by atoms with van der Waals surface area (Å²) in [5.41, 5.74) is 0.635. The van der Waals surface area contributed by atoms with Crippen molar-refractivity contribution in [3.8, 4) is 5.88 Å². The number of likely N-dealkylation sites (tertiary alicyclic amines) is 1. The molecule has 152 valence electrons. The molecule has 2 amide bonds. The molecular weight excluding hydrogens is 366 g/mol.